The van der Waals surface area contributed by atoms with Crippen molar-refractivity contribution in [1.82, 2.24) is 15.0 Å². The Morgan fingerprint density at radius 1 is 1.33 bits per heavy atom. The van der Waals surface area contributed by atoms with Crippen LogP contribution in [0.1, 0.15) is 38.5 Å². The van der Waals surface area contributed by atoms with E-state index in [1.807, 2.05) is 43.0 Å². The highest BCUT2D eigenvalue weighted by Gasteiger charge is 2.28. The fourth-order valence-corrected chi connectivity index (χ4v) is 2.99. The highest BCUT2D eigenvalue weighted by molar-refractivity contribution is 5.78. The van der Waals surface area contributed by atoms with Crippen LogP contribution in [0.2, 0.25) is 0 Å². The highest BCUT2D eigenvalue weighted by atomic mass is 16.5. The molecule has 0 spiro atoms. The Labute approximate surface area is 141 Å². The van der Waals surface area contributed by atoms with E-state index in [0.29, 0.717) is 11.7 Å². The molecule has 0 bridgehead atoms. The number of piperidine rings is 1. The maximum absolute atomic E-state index is 12.1. The van der Waals surface area contributed by atoms with Crippen LogP contribution in [0, 0.1) is 5.92 Å². The van der Waals surface area contributed by atoms with Crippen LogP contribution >= 0.6 is 0 Å². The van der Waals surface area contributed by atoms with Crippen molar-refractivity contribution in [2.75, 3.05) is 20.2 Å². The SMILES string of the molecule is COc1cccc(-c2noc(C3CCN(C(=O)C(C)C)CC3)n2)c1. The molecular weight excluding hydrogens is 306 g/mol. The van der Waals surface area contributed by atoms with Crippen molar-refractivity contribution in [2.45, 2.75) is 32.6 Å². The molecule has 1 amide bonds. The van der Waals surface area contributed by atoms with Gasteiger partial charge in [0.1, 0.15) is 5.75 Å². The smallest absolute Gasteiger partial charge is 0.230 e. The lowest BCUT2D eigenvalue weighted by Crippen LogP contribution is -2.40. The molecule has 1 aromatic heterocycles. The van der Waals surface area contributed by atoms with Gasteiger partial charge in [0.2, 0.25) is 17.6 Å². The zero-order valence-electron chi connectivity index (χ0n) is 14.4. The van der Waals surface area contributed by atoms with Gasteiger partial charge in [0, 0.05) is 30.5 Å². The molecule has 1 aliphatic rings. The summed E-state index contributed by atoms with van der Waals surface area (Å²) >= 11 is 0. The monoisotopic (exact) mass is 329 g/mol. The predicted molar refractivity (Wildman–Crippen MR) is 89.7 cm³/mol. The Bertz CT molecular complexity index is 703. The third kappa shape index (κ3) is 3.42. The molecule has 0 atom stereocenters. The van der Waals surface area contributed by atoms with E-state index >= 15 is 0 Å². The van der Waals surface area contributed by atoms with E-state index in [4.69, 9.17) is 9.26 Å². The summed E-state index contributed by atoms with van der Waals surface area (Å²) in [5.74, 6) is 2.47. The van der Waals surface area contributed by atoms with Crippen LogP contribution < -0.4 is 4.74 Å². The van der Waals surface area contributed by atoms with E-state index in [0.717, 1.165) is 37.2 Å². The second-order valence-corrected chi connectivity index (χ2v) is 6.44. The van der Waals surface area contributed by atoms with E-state index in [1.54, 1.807) is 7.11 Å². The summed E-state index contributed by atoms with van der Waals surface area (Å²) in [6.45, 7) is 5.37. The van der Waals surface area contributed by atoms with Crippen LogP contribution in [-0.2, 0) is 4.79 Å². The highest BCUT2D eigenvalue weighted by Crippen LogP contribution is 2.29. The number of nitrogens with zero attached hydrogens (tertiary/aromatic N) is 3. The van der Waals surface area contributed by atoms with Crippen molar-refractivity contribution in [3.05, 3.63) is 30.2 Å². The molecule has 2 heterocycles. The molecule has 1 saturated heterocycles. The lowest BCUT2D eigenvalue weighted by Gasteiger charge is -2.31. The fraction of sp³-hybridized carbons (Fsp3) is 0.500. The minimum atomic E-state index is 0.0459. The molecule has 0 unspecified atom stereocenters. The first-order valence-corrected chi connectivity index (χ1v) is 8.35. The molecule has 0 aliphatic carbocycles. The molecule has 1 aliphatic heterocycles. The van der Waals surface area contributed by atoms with Crippen LogP contribution in [0.3, 0.4) is 0 Å². The molecule has 2 aromatic rings. The number of ether oxygens (including phenoxy) is 1. The van der Waals surface area contributed by atoms with Crippen LogP contribution in [0.25, 0.3) is 11.4 Å². The lowest BCUT2D eigenvalue weighted by atomic mass is 9.96. The molecule has 128 valence electrons. The second-order valence-electron chi connectivity index (χ2n) is 6.44. The van der Waals surface area contributed by atoms with Crippen molar-refractivity contribution < 1.29 is 14.1 Å². The number of carbonyl (C=O) groups is 1. The number of hydrogen-bond acceptors (Lipinski definition) is 5. The summed E-state index contributed by atoms with van der Waals surface area (Å²) in [5, 5.41) is 4.10. The van der Waals surface area contributed by atoms with Gasteiger partial charge in [0.15, 0.2) is 0 Å². The minimum Gasteiger partial charge on any atom is -0.497 e. The molecule has 24 heavy (non-hydrogen) atoms. The number of benzene rings is 1. The third-order valence-corrected chi connectivity index (χ3v) is 4.42. The van der Waals surface area contributed by atoms with Gasteiger partial charge in [-0.2, -0.15) is 4.98 Å². The molecule has 1 fully saturated rings. The molecular formula is C18H23N3O3. The summed E-state index contributed by atoms with van der Waals surface area (Å²) < 4.78 is 10.7. The number of likely N-dealkylation sites (tertiary alicyclic amines) is 1. The minimum absolute atomic E-state index is 0.0459. The summed E-state index contributed by atoms with van der Waals surface area (Å²) in [5.41, 5.74) is 0.872. The Morgan fingerprint density at radius 2 is 2.08 bits per heavy atom. The Balaban J connectivity index is 1.67. The Kier molecular flexibility index (Phi) is 4.83. The number of methoxy groups -OCH3 is 1. The molecule has 0 radical (unpaired) electrons. The normalized spacial score (nSPS) is 15.8. The Hall–Kier alpha value is -2.37. The maximum atomic E-state index is 12.1. The summed E-state index contributed by atoms with van der Waals surface area (Å²) in [6.07, 6.45) is 1.72. The number of carbonyl (C=O) groups excluding carboxylic acids is 1. The average Bonchev–Trinajstić information content (AvgIpc) is 3.11. The number of amides is 1. The van der Waals surface area contributed by atoms with Crippen LogP contribution in [-0.4, -0.2) is 41.1 Å². The molecule has 0 saturated carbocycles. The average molecular weight is 329 g/mol. The van der Waals surface area contributed by atoms with Gasteiger partial charge >= 0.3 is 0 Å². The number of hydrogen-bond donors (Lipinski definition) is 0. The van der Waals surface area contributed by atoms with Gasteiger partial charge in [-0.1, -0.05) is 31.1 Å². The van der Waals surface area contributed by atoms with Crippen molar-refractivity contribution in [2.24, 2.45) is 5.92 Å². The van der Waals surface area contributed by atoms with E-state index in [9.17, 15) is 4.79 Å². The molecule has 0 N–H and O–H groups in total. The van der Waals surface area contributed by atoms with E-state index in [-0.39, 0.29) is 17.7 Å². The third-order valence-electron chi connectivity index (χ3n) is 4.42. The van der Waals surface area contributed by atoms with Gasteiger partial charge in [-0.3, -0.25) is 4.79 Å². The van der Waals surface area contributed by atoms with Gasteiger partial charge < -0.3 is 14.2 Å². The topological polar surface area (TPSA) is 68.5 Å². The first kappa shape index (κ1) is 16.5. The standard InChI is InChI=1S/C18H23N3O3/c1-12(2)18(22)21-9-7-13(8-10-21)17-19-16(20-24-17)14-5-4-6-15(11-14)23-3/h4-6,11-13H,7-10H2,1-3H3. The number of aromatic nitrogens is 2. The van der Waals surface area contributed by atoms with E-state index in [2.05, 4.69) is 10.1 Å². The second kappa shape index (κ2) is 7.03. The van der Waals surface area contributed by atoms with Crippen LogP contribution in [0.15, 0.2) is 28.8 Å². The van der Waals surface area contributed by atoms with Crippen molar-refractivity contribution in [3.8, 4) is 17.1 Å². The van der Waals surface area contributed by atoms with Crippen molar-refractivity contribution >= 4 is 5.91 Å². The summed E-state index contributed by atoms with van der Waals surface area (Å²) in [7, 11) is 1.63. The van der Waals surface area contributed by atoms with Crippen LogP contribution in [0.4, 0.5) is 0 Å². The fourth-order valence-electron chi connectivity index (χ4n) is 2.99. The first-order chi connectivity index (χ1) is 11.6. The summed E-state index contributed by atoms with van der Waals surface area (Å²) in [6, 6.07) is 7.60. The van der Waals surface area contributed by atoms with E-state index < -0.39 is 0 Å². The molecule has 1 aromatic carbocycles. The first-order valence-electron chi connectivity index (χ1n) is 8.35. The van der Waals surface area contributed by atoms with Gasteiger partial charge in [-0.15, -0.1) is 0 Å². The molecule has 3 rings (SSSR count). The van der Waals surface area contributed by atoms with Gasteiger partial charge in [-0.05, 0) is 25.0 Å². The quantitative estimate of drug-likeness (QED) is 0.862. The zero-order chi connectivity index (χ0) is 17.1. The lowest BCUT2D eigenvalue weighted by molar-refractivity contribution is -0.135. The van der Waals surface area contributed by atoms with Gasteiger partial charge in [-0.25, -0.2) is 0 Å². The largest absolute Gasteiger partial charge is 0.497 e. The maximum Gasteiger partial charge on any atom is 0.230 e. The molecule has 6 nitrogen and oxygen atoms in total. The van der Waals surface area contributed by atoms with Crippen LogP contribution in [0.5, 0.6) is 5.75 Å². The number of rotatable bonds is 4. The van der Waals surface area contributed by atoms with Crippen molar-refractivity contribution in [3.63, 3.8) is 0 Å². The van der Waals surface area contributed by atoms with Gasteiger partial charge in [0.05, 0.1) is 7.11 Å². The molecule has 6 heteroatoms. The van der Waals surface area contributed by atoms with Crippen molar-refractivity contribution in [1.29, 1.82) is 0 Å². The van der Waals surface area contributed by atoms with Gasteiger partial charge in [0.25, 0.3) is 0 Å². The summed E-state index contributed by atoms with van der Waals surface area (Å²) in [4.78, 5) is 18.5. The zero-order valence-corrected chi connectivity index (χ0v) is 14.4. The Morgan fingerprint density at radius 3 is 2.75 bits per heavy atom. The predicted octanol–water partition coefficient (Wildman–Crippen LogP) is 3.11. The van der Waals surface area contributed by atoms with E-state index in [1.165, 1.54) is 0 Å².